The van der Waals surface area contributed by atoms with E-state index in [2.05, 4.69) is 117 Å². The van der Waals surface area contributed by atoms with Gasteiger partial charge < -0.3 is 0 Å². The van der Waals surface area contributed by atoms with Gasteiger partial charge in [0.15, 0.2) is 37.2 Å². The molecule has 5 rings (SSSR count). The van der Waals surface area contributed by atoms with Crippen LogP contribution in [-0.4, -0.2) is 14.2 Å². The van der Waals surface area contributed by atoms with Crippen molar-refractivity contribution in [3.8, 4) is 33.6 Å². The molecule has 0 fully saturated rings. The number of benzene rings is 1. The van der Waals surface area contributed by atoms with Crippen molar-refractivity contribution in [1.82, 2.24) is 0 Å². The lowest BCUT2D eigenvalue weighted by atomic mass is 10.1. The molecule has 1 aromatic carbocycles. The lowest BCUT2D eigenvalue weighted by Gasteiger charge is -2.03. The van der Waals surface area contributed by atoms with E-state index in [-0.39, 0.29) is 0 Å². The summed E-state index contributed by atoms with van der Waals surface area (Å²) in [5.74, 6) is 0. The zero-order valence-electron chi connectivity index (χ0n) is 18.7. The maximum Gasteiger partial charge on any atom is 0.586 e. The van der Waals surface area contributed by atoms with Crippen LogP contribution in [0.15, 0.2) is 122 Å². The summed E-state index contributed by atoms with van der Waals surface area (Å²) in [5.41, 5.74) is 6.88. The van der Waals surface area contributed by atoms with Crippen LogP contribution in [0.4, 0.5) is 0 Å². The molecule has 0 aliphatic carbocycles. The molecule has 4 nitrogen and oxygen atoms in total. The first-order valence-corrected chi connectivity index (χ1v) is 13.3. The van der Waals surface area contributed by atoms with E-state index < -0.39 is 0 Å². The van der Waals surface area contributed by atoms with Gasteiger partial charge in [-0.3, -0.25) is 4.48 Å². The summed E-state index contributed by atoms with van der Waals surface area (Å²) in [7, 11) is 9.17. The summed E-state index contributed by atoms with van der Waals surface area (Å²) in [5, 5.41) is 0. The lowest BCUT2D eigenvalue weighted by molar-refractivity contribution is -0.633. The molecular formula is C27H23BN4S2+4. The second-order valence-electron chi connectivity index (χ2n) is 7.70. The molecule has 7 heteroatoms. The molecule has 4 aromatic heterocycles. The average molecular weight is 478 g/mol. The van der Waals surface area contributed by atoms with Crippen molar-refractivity contribution < 1.29 is 17.6 Å². The number of aromatic nitrogens is 4. The molecule has 0 N–H and O–H groups in total. The van der Waals surface area contributed by atoms with Crippen LogP contribution in [-0.2, 0) is 0 Å². The van der Waals surface area contributed by atoms with Crippen LogP contribution >= 0.6 is 21.8 Å². The van der Waals surface area contributed by atoms with E-state index >= 15 is 0 Å². The molecule has 0 saturated carbocycles. The monoisotopic (exact) mass is 478 g/mol. The van der Waals surface area contributed by atoms with Gasteiger partial charge in [-0.05, 0) is 39.3 Å². The minimum atomic E-state index is 1.11. The van der Waals surface area contributed by atoms with Crippen LogP contribution in [0.25, 0.3) is 33.6 Å². The summed E-state index contributed by atoms with van der Waals surface area (Å²) in [6.07, 6.45) is 18.4. The number of pyridine rings is 4. The summed E-state index contributed by atoms with van der Waals surface area (Å²) in [4.78, 5) is 0. The van der Waals surface area contributed by atoms with Crippen molar-refractivity contribution in [1.29, 1.82) is 0 Å². The largest absolute Gasteiger partial charge is 0.586 e. The highest BCUT2D eigenvalue weighted by molar-refractivity contribution is 8.73. The van der Waals surface area contributed by atoms with Crippen molar-refractivity contribution in [3.63, 3.8) is 0 Å². The van der Waals surface area contributed by atoms with Crippen molar-refractivity contribution >= 4 is 29.8 Å². The van der Waals surface area contributed by atoms with Crippen LogP contribution in [0.1, 0.15) is 0 Å². The maximum absolute atomic E-state index is 5.74. The van der Waals surface area contributed by atoms with Gasteiger partial charge in [0.2, 0.25) is 11.0 Å². The summed E-state index contributed by atoms with van der Waals surface area (Å²) >= 11 is 0. The van der Waals surface area contributed by atoms with Gasteiger partial charge in [-0.1, -0.05) is 12.1 Å². The van der Waals surface area contributed by atoms with E-state index in [1.165, 1.54) is 11.1 Å². The van der Waals surface area contributed by atoms with Gasteiger partial charge in [-0.15, -0.1) is 3.97 Å². The number of hydrogen-bond acceptors (Lipinski definition) is 2. The highest BCUT2D eigenvalue weighted by Crippen LogP contribution is 2.19. The first-order valence-electron chi connectivity index (χ1n) is 10.8. The maximum atomic E-state index is 5.74. The molecule has 0 aliphatic heterocycles. The van der Waals surface area contributed by atoms with Gasteiger partial charge >= 0.3 is 7.98 Å². The van der Waals surface area contributed by atoms with Gasteiger partial charge in [-0.2, -0.15) is 9.13 Å². The Kier molecular flexibility index (Phi) is 6.74. The van der Waals surface area contributed by atoms with Crippen molar-refractivity contribution in [3.05, 3.63) is 122 Å². The van der Waals surface area contributed by atoms with Gasteiger partial charge in [0.05, 0.1) is 0 Å². The summed E-state index contributed by atoms with van der Waals surface area (Å²) < 4.78 is 7.95. The zero-order chi connectivity index (χ0) is 23.3. The average Bonchev–Trinajstić information content (AvgIpc) is 2.90. The Balaban J connectivity index is 1.42. The first kappa shape index (κ1) is 22.4. The van der Waals surface area contributed by atoms with Crippen LogP contribution in [0.5, 0.6) is 0 Å². The molecule has 0 aliphatic rings. The molecule has 0 unspecified atom stereocenters. The number of para-hydroxylation sites is 2. The molecule has 0 amide bonds. The van der Waals surface area contributed by atoms with Gasteiger partial charge in [-0.25, -0.2) is 0 Å². The molecular weight excluding hydrogens is 455 g/mol. The van der Waals surface area contributed by atoms with Crippen LogP contribution in [0.3, 0.4) is 0 Å². The molecule has 5 aromatic rings. The van der Waals surface area contributed by atoms with Gasteiger partial charge in [0.1, 0.15) is 12.4 Å². The molecule has 162 valence electrons. The fourth-order valence-corrected chi connectivity index (χ4v) is 5.04. The Hall–Kier alpha value is -3.42. The Bertz CT molecular complexity index is 1390. The highest BCUT2D eigenvalue weighted by atomic mass is 33.1. The molecule has 0 saturated heterocycles. The van der Waals surface area contributed by atoms with E-state index in [1.54, 1.807) is 26.3 Å². The summed E-state index contributed by atoms with van der Waals surface area (Å²) in [6, 6.07) is 25.3. The van der Waals surface area contributed by atoms with Gasteiger partial charge in [0.25, 0.3) is 11.4 Å². The Morgan fingerprint density at radius 3 is 1.32 bits per heavy atom. The normalized spacial score (nSPS) is 10.9. The fourth-order valence-electron chi connectivity index (χ4n) is 3.83. The predicted octanol–water partition coefficient (Wildman–Crippen LogP) is 3.85. The molecule has 34 heavy (non-hydrogen) atoms. The van der Waals surface area contributed by atoms with E-state index in [4.69, 9.17) is 7.98 Å². The fraction of sp³-hybridized carbons (Fsp3) is 0.0370. The third kappa shape index (κ3) is 4.91. The predicted molar refractivity (Wildman–Crippen MR) is 138 cm³/mol. The Morgan fingerprint density at radius 2 is 0.912 bits per heavy atom. The Morgan fingerprint density at radius 1 is 0.529 bits per heavy atom. The number of hydrogen-bond donors (Lipinski definition) is 0. The van der Waals surface area contributed by atoms with Crippen LogP contribution in [0, 0.1) is 0 Å². The molecule has 0 atom stereocenters. The van der Waals surface area contributed by atoms with E-state index in [9.17, 15) is 0 Å². The molecule has 0 spiro atoms. The van der Waals surface area contributed by atoms with Crippen LogP contribution in [0.2, 0.25) is 0 Å². The zero-order valence-corrected chi connectivity index (χ0v) is 20.4. The first-order chi connectivity index (χ1) is 16.7. The number of nitrogens with zero attached hydrogens (tertiary/aromatic N) is 4. The quantitative estimate of drug-likeness (QED) is 0.209. The van der Waals surface area contributed by atoms with E-state index in [1.807, 2.05) is 24.5 Å². The standard InChI is InChI=1S/C27H23BN4S2/c1-33-34-32-20-12-25(13-21-32)23-8-16-30(17-9-23)27-5-3-2-4-26(27)29-14-6-22(7-15-29)24-10-18-31(28)19-11-24/h2-21H,1H3/q+4. The smallest absolute Gasteiger partial charge is 0.293 e. The third-order valence-electron chi connectivity index (χ3n) is 5.58. The second kappa shape index (κ2) is 10.2. The lowest BCUT2D eigenvalue weighted by Crippen LogP contribution is -2.38. The highest BCUT2D eigenvalue weighted by Gasteiger charge is 2.20. The second-order valence-corrected chi connectivity index (χ2v) is 10.1. The summed E-state index contributed by atoms with van der Waals surface area (Å²) in [6.45, 7) is 0. The van der Waals surface area contributed by atoms with Crippen LogP contribution < -0.4 is 17.6 Å². The minimum Gasteiger partial charge on any atom is -0.293 e. The Labute approximate surface area is 209 Å². The van der Waals surface area contributed by atoms with Crippen molar-refractivity contribution in [2.24, 2.45) is 0 Å². The van der Waals surface area contributed by atoms with Gasteiger partial charge in [0, 0.05) is 60.7 Å². The van der Waals surface area contributed by atoms with Crippen molar-refractivity contribution in [2.45, 2.75) is 0 Å². The minimum absolute atomic E-state index is 1.11. The number of rotatable bonds is 6. The van der Waals surface area contributed by atoms with E-state index in [0.29, 0.717) is 0 Å². The van der Waals surface area contributed by atoms with E-state index in [0.717, 1.165) is 22.5 Å². The molecule has 4 heterocycles. The molecule has 2 radical (unpaired) electrons. The van der Waals surface area contributed by atoms with Crippen molar-refractivity contribution in [2.75, 3.05) is 6.26 Å². The molecule has 0 bridgehead atoms. The topological polar surface area (TPSA) is 15.5 Å². The third-order valence-corrected chi connectivity index (χ3v) is 7.11. The SMILES string of the molecule is [B][n+]1ccc(-c2cc[n+](-c3ccccc3-[n+]3ccc(-c4cc[n+](SSC)cc4)cc3)cc2)cc1.